The van der Waals surface area contributed by atoms with Crippen molar-refractivity contribution >= 4 is 11.6 Å². The topological polar surface area (TPSA) is 55.0 Å². The second kappa shape index (κ2) is 7.31. The SMILES string of the molecule is CCC(CC)CN(CC)c1cc(N)nc(C(C)C)n1. The van der Waals surface area contributed by atoms with Gasteiger partial charge in [-0.05, 0) is 12.8 Å². The molecule has 0 bridgehead atoms. The van der Waals surface area contributed by atoms with Crippen LogP contribution in [0.25, 0.3) is 0 Å². The van der Waals surface area contributed by atoms with Gasteiger partial charge in [0.2, 0.25) is 0 Å². The van der Waals surface area contributed by atoms with E-state index >= 15 is 0 Å². The second-order valence-corrected chi connectivity index (χ2v) is 5.39. The summed E-state index contributed by atoms with van der Waals surface area (Å²) in [4.78, 5) is 11.3. The minimum atomic E-state index is 0.300. The first kappa shape index (κ1) is 15.7. The van der Waals surface area contributed by atoms with E-state index < -0.39 is 0 Å². The fourth-order valence-electron chi connectivity index (χ4n) is 2.13. The van der Waals surface area contributed by atoms with Crippen LogP contribution < -0.4 is 10.6 Å². The Kier molecular flexibility index (Phi) is 6.06. The predicted octanol–water partition coefficient (Wildman–Crippen LogP) is 3.44. The number of hydrogen-bond donors (Lipinski definition) is 1. The maximum Gasteiger partial charge on any atom is 0.135 e. The summed E-state index contributed by atoms with van der Waals surface area (Å²) in [6, 6.07) is 1.89. The van der Waals surface area contributed by atoms with E-state index in [9.17, 15) is 0 Å². The summed E-state index contributed by atoms with van der Waals surface area (Å²) in [5, 5.41) is 0. The standard InChI is InChI=1S/C15H28N4/c1-6-12(7-2)10-19(8-3)14-9-13(16)17-15(18-14)11(4)5/h9,11-12H,6-8,10H2,1-5H3,(H2,16,17,18). The predicted molar refractivity (Wildman–Crippen MR) is 82.5 cm³/mol. The van der Waals surface area contributed by atoms with Crippen molar-refractivity contribution < 1.29 is 0 Å². The van der Waals surface area contributed by atoms with Crippen molar-refractivity contribution in [3.05, 3.63) is 11.9 Å². The summed E-state index contributed by atoms with van der Waals surface area (Å²) in [7, 11) is 0. The zero-order chi connectivity index (χ0) is 14.4. The Bertz CT molecular complexity index is 386. The van der Waals surface area contributed by atoms with Gasteiger partial charge in [-0.15, -0.1) is 0 Å². The van der Waals surface area contributed by atoms with Gasteiger partial charge in [0, 0.05) is 25.1 Å². The number of anilines is 2. The lowest BCUT2D eigenvalue weighted by atomic mass is 10.0. The van der Waals surface area contributed by atoms with Crippen molar-refractivity contribution in [3.63, 3.8) is 0 Å². The molecule has 0 unspecified atom stereocenters. The highest BCUT2D eigenvalue weighted by atomic mass is 15.2. The van der Waals surface area contributed by atoms with Crippen LogP contribution in [0, 0.1) is 5.92 Å². The number of aromatic nitrogens is 2. The molecule has 0 saturated heterocycles. The molecule has 2 N–H and O–H groups in total. The maximum absolute atomic E-state index is 5.91. The Balaban J connectivity index is 2.97. The molecule has 1 aromatic rings. The highest BCUT2D eigenvalue weighted by Gasteiger charge is 2.14. The van der Waals surface area contributed by atoms with Crippen LogP contribution in [0.4, 0.5) is 11.6 Å². The Morgan fingerprint density at radius 1 is 1.16 bits per heavy atom. The van der Waals surface area contributed by atoms with Gasteiger partial charge in [-0.25, -0.2) is 9.97 Å². The first-order chi connectivity index (χ1) is 9.01. The van der Waals surface area contributed by atoms with Gasteiger partial charge in [0.05, 0.1) is 0 Å². The number of rotatable bonds is 7. The zero-order valence-corrected chi connectivity index (χ0v) is 13.0. The Labute approximate surface area is 117 Å². The third kappa shape index (κ3) is 4.37. The summed E-state index contributed by atoms with van der Waals surface area (Å²) in [6.07, 6.45) is 2.40. The summed E-state index contributed by atoms with van der Waals surface area (Å²) in [6.45, 7) is 12.8. The smallest absolute Gasteiger partial charge is 0.135 e. The van der Waals surface area contributed by atoms with Crippen molar-refractivity contribution in [2.75, 3.05) is 23.7 Å². The van der Waals surface area contributed by atoms with Crippen LogP contribution in [-0.2, 0) is 0 Å². The average Bonchev–Trinajstić information content (AvgIpc) is 2.39. The molecule has 4 nitrogen and oxygen atoms in total. The van der Waals surface area contributed by atoms with Crippen molar-refractivity contribution in [1.82, 2.24) is 9.97 Å². The molecule has 0 aliphatic rings. The maximum atomic E-state index is 5.91. The van der Waals surface area contributed by atoms with E-state index in [1.807, 2.05) is 6.07 Å². The van der Waals surface area contributed by atoms with Crippen molar-refractivity contribution in [3.8, 4) is 0 Å². The lowest BCUT2D eigenvalue weighted by Gasteiger charge is -2.27. The van der Waals surface area contributed by atoms with Gasteiger partial charge in [-0.3, -0.25) is 0 Å². The van der Waals surface area contributed by atoms with Crippen molar-refractivity contribution in [2.24, 2.45) is 5.92 Å². The van der Waals surface area contributed by atoms with Gasteiger partial charge >= 0.3 is 0 Å². The van der Waals surface area contributed by atoms with Crippen LogP contribution in [-0.4, -0.2) is 23.1 Å². The van der Waals surface area contributed by atoms with Crippen LogP contribution in [0.3, 0.4) is 0 Å². The lowest BCUT2D eigenvalue weighted by Crippen LogP contribution is -2.30. The molecule has 1 heterocycles. The molecule has 0 amide bonds. The van der Waals surface area contributed by atoms with Crippen molar-refractivity contribution in [1.29, 1.82) is 0 Å². The largest absolute Gasteiger partial charge is 0.384 e. The second-order valence-electron chi connectivity index (χ2n) is 5.39. The molecule has 0 aliphatic carbocycles. The molecule has 1 aromatic heterocycles. The van der Waals surface area contributed by atoms with E-state index in [0.29, 0.717) is 17.7 Å². The molecule has 0 radical (unpaired) electrons. The van der Waals surface area contributed by atoms with Gasteiger partial charge in [0.15, 0.2) is 0 Å². The molecule has 0 saturated carbocycles. The summed E-state index contributed by atoms with van der Waals surface area (Å²) in [5.41, 5.74) is 5.91. The Hall–Kier alpha value is -1.32. The first-order valence-corrected chi connectivity index (χ1v) is 7.41. The van der Waals surface area contributed by atoms with Crippen LogP contribution in [0.2, 0.25) is 0 Å². The van der Waals surface area contributed by atoms with Crippen LogP contribution in [0.5, 0.6) is 0 Å². The zero-order valence-electron chi connectivity index (χ0n) is 13.0. The van der Waals surface area contributed by atoms with E-state index in [2.05, 4.69) is 49.5 Å². The molecule has 4 heteroatoms. The molecule has 19 heavy (non-hydrogen) atoms. The van der Waals surface area contributed by atoms with Crippen LogP contribution in [0.15, 0.2) is 6.07 Å². The number of nitrogens with zero attached hydrogens (tertiary/aromatic N) is 3. The third-order valence-corrected chi connectivity index (χ3v) is 3.61. The fraction of sp³-hybridized carbons (Fsp3) is 0.733. The average molecular weight is 264 g/mol. The van der Waals surface area contributed by atoms with Gasteiger partial charge in [0.25, 0.3) is 0 Å². The van der Waals surface area contributed by atoms with Crippen molar-refractivity contribution in [2.45, 2.75) is 53.4 Å². The van der Waals surface area contributed by atoms with Gasteiger partial charge in [0.1, 0.15) is 17.5 Å². The molecule has 0 spiro atoms. The van der Waals surface area contributed by atoms with Gasteiger partial charge < -0.3 is 10.6 Å². The normalized spacial score (nSPS) is 11.3. The fourth-order valence-corrected chi connectivity index (χ4v) is 2.13. The lowest BCUT2D eigenvalue weighted by molar-refractivity contribution is 0.484. The summed E-state index contributed by atoms with van der Waals surface area (Å²) < 4.78 is 0. The monoisotopic (exact) mass is 264 g/mol. The van der Waals surface area contributed by atoms with E-state index in [1.165, 1.54) is 12.8 Å². The molecular formula is C15H28N4. The number of nitrogen functional groups attached to an aromatic ring is 1. The number of nitrogens with two attached hydrogens (primary N) is 1. The van der Waals surface area contributed by atoms with E-state index in [-0.39, 0.29) is 0 Å². The van der Waals surface area contributed by atoms with E-state index in [4.69, 9.17) is 5.73 Å². The van der Waals surface area contributed by atoms with E-state index in [1.54, 1.807) is 0 Å². The molecule has 1 rings (SSSR count). The molecule has 0 fully saturated rings. The number of hydrogen-bond acceptors (Lipinski definition) is 4. The van der Waals surface area contributed by atoms with Crippen LogP contribution >= 0.6 is 0 Å². The Morgan fingerprint density at radius 2 is 1.79 bits per heavy atom. The van der Waals surface area contributed by atoms with Crippen LogP contribution in [0.1, 0.15) is 59.2 Å². The minimum absolute atomic E-state index is 0.300. The van der Waals surface area contributed by atoms with Gasteiger partial charge in [-0.2, -0.15) is 0 Å². The quantitative estimate of drug-likeness (QED) is 0.819. The highest BCUT2D eigenvalue weighted by molar-refractivity contribution is 5.47. The minimum Gasteiger partial charge on any atom is -0.384 e. The molecular weight excluding hydrogens is 236 g/mol. The summed E-state index contributed by atoms with van der Waals surface area (Å²) in [5.74, 6) is 3.37. The van der Waals surface area contributed by atoms with Gasteiger partial charge in [-0.1, -0.05) is 40.5 Å². The van der Waals surface area contributed by atoms with E-state index in [0.717, 1.165) is 24.7 Å². The molecule has 108 valence electrons. The molecule has 0 aliphatic heterocycles. The molecule has 0 aromatic carbocycles. The third-order valence-electron chi connectivity index (χ3n) is 3.61. The molecule has 0 atom stereocenters. The first-order valence-electron chi connectivity index (χ1n) is 7.41. The summed E-state index contributed by atoms with van der Waals surface area (Å²) >= 11 is 0. The Morgan fingerprint density at radius 3 is 2.26 bits per heavy atom. The highest BCUT2D eigenvalue weighted by Crippen LogP contribution is 2.20.